The minimum Gasteiger partial charge on any atom is -0.342 e. The Morgan fingerprint density at radius 1 is 1.04 bits per heavy atom. The van der Waals surface area contributed by atoms with Crippen LogP contribution < -0.4 is 0 Å². The third-order valence-electron chi connectivity index (χ3n) is 4.96. The number of carbonyl (C=O) groups is 1. The summed E-state index contributed by atoms with van der Waals surface area (Å²) in [5.74, 6) is 0.0910. The minimum atomic E-state index is -0.426. The maximum absolute atomic E-state index is 12.7. The maximum Gasteiger partial charge on any atom is 0.269 e. The molecule has 0 saturated carbocycles. The molecule has 0 bridgehead atoms. The van der Waals surface area contributed by atoms with E-state index in [1.54, 1.807) is 16.8 Å². The number of hydrogen-bond acceptors (Lipinski definition) is 4. The molecule has 1 saturated heterocycles. The summed E-state index contributed by atoms with van der Waals surface area (Å²) < 4.78 is 1.75. The van der Waals surface area contributed by atoms with Crippen LogP contribution in [-0.4, -0.2) is 38.6 Å². The van der Waals surface area contributed by atoms with Crippen LogP contribution in [0.4, 0.5) is 5.69 Å². The van der Waals surface area contributed by atoms with Crippen LogP contribution >= 0.6 is 0 Å². The van der Waals surface area contributed by atoms with Crippen molar-refractivity contribution in [2.45, 2.75) is 19.3 Å². The highest BCUT2D eigenvalue weighted by Gasteiger charge is 2.22. The standard InChI is InChI=1S/C21H20N4O3/c26-20(23-12-4-5-13-23)14-17-15-24(18-6-2-1-3-7-18)22-21(17)16-8-10-19(11-9-16)25(27)28/h1-3,6-11,15H,4-5,12-14H2. The van der Waals surface area contributed by atoms with Crippen molar-refractivity contribution in [2.24, 2.45) is 0 Å². The van der Waals surface area contributed by atoms with E-state index in [2.05, 4.69) is 5.10 Å². The Labute approximate surface area is 162 Å². The van der Waals surface area contributed by atoms with Gasteiger partial charge in [0.1, 0.15) is 0 Å². The minimum absolute atomic E-state index is 0.0286. The number of nitro groups is 1. The van der Waals surface area contributed by atoms with Gasteiger partial charge < -0.3 is 4.90 Å². The molecule has 3 aromatic rings. The van der Waals surface area contributed by atoms with Crippen molar-refractivity contribution in [1.29, 1.82) is 0 Å². The molecule has 0 radical (unpaired) electrons. The van der Waals surface area contributed by atoms with E-state index in [4.69, 9.17) is 0 Å². The van der Waals surface area contributed by atoms with E-state index in [0.29, 0.717) is 5.69 Å². The summed E-state index contributed by atoms with van der Waals surface area (Å²) >= 11 is 0. The Hall–Kier alpha value is -3.48. The summed E-state index contributed by atoms with van der Waals surface area (Å²) in [5, 5.41) is 15.6. The molecule has 4 rings (SSSR count). The first-order chi connectivity index (χ1) is 13.6. The summed E-state index contributed by atoms with van der Waals surface area (Å²) in [6.07, 6.45) is 4.23. The highest BCUT2D eigenvalue weighted by atomic mass is 16.6. The second-order valence-corrected chi connectivity index (χ2v) is 6.85. The number of hydrogen-bond donors (Lipinski definition) is 0. The Balaban J connectivity index is 1.71. The first-order valence-electron chi connectivity index (χ1n) is 9.28. The molecule has 0 N–H and O–H groups in total. The lowest BCUT2D eigenvalue weighted by molar-refractivity contribution is -0.384. The molecule has 0 aliphatic carbocycles. The molecule has 0 atom stereocenters. The van der Waals surface area contributed by atoms with Gasteiger partial charge in [-0.25, -0.2) is 4.68 Å². The molecular formula is C21H20N4O3. The highest BCUT2D eigenvalue weighted by molar-refractivity contribution is 5.81. The normalized spacial score (nSPS) is 13.6. The number of para-hydroxylation sites is 1. The molecule has 7 nitrogen and oxygen atoms in total. The van der Waals surface area contributed by atoms with Crippen molar-refractivity contribution >= 4 is 11.6 Å². The number of likely N-dealkylation sites (tertiary alicyclic amines) is 1. The third-order valence-corrected chi connectivity index (χ3v) is 4.96. The maximum atomic E-state index is 12.7. The lowest BCUT2D eigenvalue weighted by Crippen LogP contribution is -2.29. The Morgan fingerprint density at radius 2 is 1.71 bits per heavy atom. The fourth-order valence-corrected chi connectivity index (χ4v) is 3.48. The van der Waals surface area contributed by atoms with Crippen LogP contribution in [0.1, 0.15) is 18.4 Å². The largest absolute Gasteiger partial charge is 0.342 e. The summed E-state index contributed by atoms with van der Waals surface area (Å²) in [5.41, 5.74) is 3.16. The molecule has 2 aromatic carbocycles. The number of carbonyl (C=O) groups excluding carboxylic acids is 1. The first kappa shape index (κ1) is 17.9. The summed E-state index contributed by atoms with van der Waals surface area (Å²) in [4.78, 5) is 25.1. The van der Waals surface area contributed by atoms with Gasteiger partial charge >= 0.3 is 0 Å². The molecule has 0 unspecified atom stereocenters. The van der Waals surface area contributed by atoms with Crippen LogP contribution in [0.25, 0.3) is 16.9 Å². The molecular weight excluding hydrogens is 356 g/mol. The number of aromatic nitrogens is 2. The van der Waals surface area contributed by atoms with E-state index in [-0.39, 0.29) is 18.0 Å². The topological polar surface area (TPSA) is 81.3 Å². The van der Waals surface area contributed by atoms with Gasteiger partial charge in [-0.05, 0) is 37.1 Å². The van der Waals surface area contributed by atoms with Gasteiger partial charge in [0.05, 0.1) is 22.7 Å². The highest BCUT2D eigenvalue weighted by Crippen LogP contribution is 2.27. The van der Waals surface area contributed by atoms with Gasteiger partial charge in [-0.2, -0.15) is 5.10 Å². The van der Waals surface area contributed by atoms with Gasteiger partial charge in [0.15, 0.2) is 0 Å². The summed E-state index contributed by atoms with van der Waals surface area (Å²) in [6, 6.07) is 16.0. The molecule has 28 heavy (non-hydrogen) atoms. The fraction of sp³-hybridized carbons (Fsp3) is 0.238. The zero-order chi connectivity index (χ0) is 19.5. The van der Waals surface area contributed by atoms with Crippen LogP contribution in [0.15, 0.2) is 60.8 Å². The Morgan fingerprint density at radius 3 is 2.36 bits per heavy atom. The quantitative estimate of drug-likeness (QED) is 0.503. The molecule has 1 fully saturated rings. The summed E-state index contributed by atoms with van der Waals surface area (Å²) in [6.45, 7) is 1.61. The predicted octanol–water partition coefficient (Wildman–Crippen LogP) is 3.61. The molecule has 142 valence electrons. The van der Waals surface area contributed by atoms with Crippen molar-refractivity contribution in [3.05, 3.63) is 76.5 Å². The molecule has 1 aromatic heterocycles. The zero-order valence-corrected chi connectivity index (χ0v) is 15.3. The van der Waals surface area contributed by atoms with Gasteiger partial charge in [0.25, 0.3) is 5.69 Å². The Bertz CT molecular complexity index is 990. The van der Waals surface area contributed by atoms with Gasteiger partial charge in [-0.1, -0.05) is 18.2 Å². The van der Waals surface area contributed by atoms with E-state index in [1.165, 1.54) is 12.1 Å². The second-order valence-electron chi connectivity index (χ2n) is 6.85. The molecule has 7 heteroatoms. The first-order valence-corrected chi connectivity index (χ1v) is 9.28. The number of rotatable bonds is 5. The molecule has 0 spiro atoms. The number of nitro benzene ring substituents is 1. The Kier molecular flexibility index (Phi) is 4.89. The van der Waals surface area contributed by atoms with Crippen molar-refractivity contribution < 1.29 is 9.72 Å². The van der Waals surface area contributed by atoms with Crippen molar-refractivity contribution in [3.63, 3.8) is 0 Å². The average Bonchev–Trinajstić information content (AvgIpc) is 3.39. The van der Waals surface area contributed by atoms with Crippen LogP contribution in [0.2, 0.25) is 0 Å². The van der Waals surface area contributed by atoms with Gasteiger partial charge in [0, 0.05) is 42.5 Å². The molecule has 1 aliphatic rings. The van der Waals surface area contributed by atoms with Gasteiger partial charge in [-0.15, -0.1) is 0 Å². The van der Waals surface area contributed by atoms with E-state index in [9.17, 15) is 14.9 Å². The molecule has 1 aliphatic heterocycles. The van der Waals surface area contributed by atoms with Gasteiger partial charge in [0.2, 0.25) is 5.91 Å². The van der Waals surface area contributed by atoms with E-state index >= 15 is 0 Å². The van der Waals surface area contributed by atoms with E-state index in [0.717, 1.165) is 42.7 Å². The molecule has 1 amide bonds. The molecule has 2 heterocycles. The van der Waals surface area contributed by atoms with Crippen LogP contribution in [-0.2, 0) is 11.2 Å². The van der Waals surface area contributed by atoms with Crippen LogP contribution in [0.5, 0.6) is 0 Å². The number of non-ortho nitro benzene ring substituents is 1. The lowest BCUT2D eigenvalue weighted by atomic mass is 10.1. The number of nitrogens with zero attached hydrogens (tertiary/aromatic N) is 4. The average molecular weight is 376 g/mol. The van der Waals surface area contributed by atoms with Crippen molar-refractivity contribution in [2.75, 3.05) is 13.1 Å². The monoisotopic (exact) mass is 376 g/mol. The van der Waals surface area contributed by atoms with E-state index in [1.807, 2.05) is 41.4 Å². The number of benzene rings is 2. The lowest BCUT2D eigenvalue weighted by Gasteiger charge is -2.14. The van der Waals surface area contributed by atoms with Crippen molar-refractivity contribution in [1.82, 2.24) is 14.7 Å². The smallest absolute Gasteiger partial charge is 0.269 e. The fourth-order valence-electron chi connectivity index (χ4n) is 3.48. The van der Waals surface area contributed by atoms with Gasteiger partial charge in [-0.3, -0.25) is 14.9 Å². The summed E-state index contributed by atoms with van der Waals surface area (Å²) in [7, 11) is 0. The zero-order valence-electron chi connectivity index (χ0n) is 15.3. The van der Waals surface area contributed by atoms with E-state index < -0.39 is 4.92 Å². The van der Waals surface area contributed by atoms with Crippen molar-refractivity contribution in [3.8, 4) is 16.9 Å². The van der Waals surface area contributed by atoms with Crippen LogP contribution in [0.3, 0.4) is 0 Å². The number of amides is 1. The second kappa shape index (κ2) is 7.64. The SMILES string of the molecule is O=C(Cc1cn(-c2ccccc2)nc1-c1ccc([N+](=O)[O-])cc1)N1CCCC1. The predicted molar refractivity (Wildman–Crippen MR) is 105 cm³/mol. The van der Waals surface area contributed by atoms with Crippen LogP contribution in [0, 0.1) is 10.1 Å². The third kappa shape index (κ3) is 3.64.